The molecule has 106 valence electrons. The smallest absolute Gasteiger partial charge is 0.125 e. The van der Waals surface area contributed by atoms with Crippen LogP contribution < -0.4 is 10.1 Å². The van der Waals surface area contributed by atoms with Gasteiger partial charge in [-0.05, 0) is 43.7 Å². The molecule has 2 rings (SSSR count). The molecule has 0 heterocycles. The molecule has 2 atom stereocenters. The number of ether oxygens (including phenoxy) is 1. The fourth-order valence-corrected chi connectivity index (χ4v) is 3.23. The van der Waals surface area contributed by atoms with Gasteiger partial charge in [0.25, 0.3) is 0 Å². The van der Waals surface area contributed by atoms with E-state index in [0.717, 1.165) is 34.9 Å². The first-order valence-corrected chi connectivity index (χ1v) is 7.40. The predicted molar refractivity (Wildman–Crippen MR) is 81.2 cm³/mol. The highest BCUT2D eigenvalue weighted by Crippen LogP contribution is 2.44. The maximum Gasteiger partial charge on any atom is 0.125 e. The first kappa shape index (κ1) is 14.7. The fourth-order valence-electron chi connectivity index (χ4n) is 2.90. The van der Waals surface area contributed by atoms with Crippen molar-refractivity contribution in [1.29, 1.82) is 0 Å². The van der Waals surface area contributed by atoms with Gasteiger partial charge in [0, 0.05) is 22.9 Å². The van der Waals surface area contributed by atoms with E-state index in [0.29, 0.717) is 6.04 Å². The Labute approximate surface area is 121 Å². The van der Waals surface area contributed by atoms with Crippen LogP contribution in [0.5, 0.6) is 5.75 Å². The van der Waals surface area contributed by atoms with E-state index in [-0.39, 0.29) is 11.5 Å². The first-order valence-electron chi connectivity index (χ1n) is 7.03. The summed E-state index contributed by atoms with van der Waals surface area (Å²) < 4.78 is 6.26. The number of nitrogens with one attached hydrogen (secondary N) is 1. The van der Waals surface area contributed by atoms with Gasteiger partial charge in [-0.2, -0.15) is 0 Å². The van der Waals surface area contributed by atoms with Gasteiger partial charge in [-0.3, -0.25) is 0 Å². The van der Waals surface area contributed by atoms with E-state index in [4.69, 9.17) is 16.3 Å². The zero-order valence-corrected chi connectivity index (χ0v) is 13.3. The minimum absolute atomic E-state index is 0.175. The second kappa shape index (κ2) is 5.34. The molecule has 0 spiro atoms. The number of aryl methyl sites for hydroxylation is 2. The lowest BCUT2D eigenvalue weighted by Crippen LogP contribution is -2.62. The highest BCUT2D eigenvalue weighted by molar-refractivity contribution is 6.30. The van der Waals surface area contributed by atoms with Crippen LogP contribution in [0.1, 0.15) is 38.3 Å². The summed E-state index contributed by atoms with van der Waals surface area (Å²) >= 11 is 6.06. The van der Waals surface area contributed by atoms with Crippen molar-refractivity contribution < 1.29 is 4.74 Å². The Kier molecular flexibility index (Phi) is 4.12. The van der Waals surface area contributed by atoms with Crippen LogP contribution in [-0.2, 0) is 0 Å². The number of hydrogen-bond donors (Lipinski definition) is 1. The topological polar surface area (TPSA) is 21.3 Å². The van der Waals surface area contributed by atoms with Crippen molar-refractivity contribution in [3.05, 3.63) is 28.3 Å². The van der Waals surface area contributed by atoms with Gasteiger partial charge < -0.3 is 10.1 Å². The SMILES string of the molecule is CCNC1CC(Oc2c(C)cc(Cl)cc2C)C1(C)C. The second-order valence-corrected chi connectivity index (χ2v) is 6.58. The quantitative estimate of drug-likeness (QED) is 0.897. The standard InChI is InChI=1S/C16H24ClNO/c1-6-18-13-9-14(16(13,4)5)19-15-10(2)7-12(17)8-11(15)3/h7-8,13-14,18H,6,9H2,1-5H3. The van der Waals surface area contributed by atoms with Crippen molar-refractivity contribution in [1.82, 2.24) is 5.32 Å². The number of hydrogen-bond acceptors (Lipinski definition) is 2. The molecule has 19 heavy (non-hydrogen) atoms. The second-order valence-electron chi connectivity index (χ2n) is 6.14. The van der Waals surface area contributed by atoms with E-state index in [2.05, 4.69) is 39.9 Å². The molecule has 0 saturated heterocycles. The average Bonchev–Trinajstić information content (AvgIpc) is 2.30. The highest BCUT2D eigenvalue weighted by Gasteiger charge is 2.49. The van der Waals surface area contributed by atoms with Gasteiger partial charge in [0.2, 0.25) is 0 Å². The van der Waals surface area contributed by atoms with E-state index in [1.54, 1.807) is 0 Å². The van der Waals surface area contributed by atoms with Gasteiger partial charge in [0.05, 0.1) is 0 Å². The van der Waals surface area contributed by atoms with Gasteiger partial charge in [0.15, 0.2) is 0 Å². The lowest BCUT2D eigenvalue weighted by atomic mass is 9.64. The predicted octanol–water partition coefficient (Wildman–Crippen LogP) is 4.11. The molecule has 1 aliphatic carbocycles. The van der Waals surface area contributed by atoms with Crippen molar-refractivity contribution in [2.45, 2.75) is 53.2 Å². The van der Waals surface area contributed by atoms with Crippen LogP contribution in [0.2, 0.25) is 5.02 Å². The van der Waals surface area contributed by atoms with Gasteiger partial charge >= 0.3 is 0 Å². The molecule has 0 amide bonds. The number of rotatable bonds is 4. The molecule has 3 heteroatoms. The fraction of sp³-hybridized carbons (Fsp3) is 0.625. The normalized spacial score (nSPS) is 24.9. The summed E-state index contributed by atoms with van der Waals surface area (Å²) in [6.45, 7) is 11.8. The van der Waals surface area contributed by atoms with Crippen LogP contribution in [0.4, 0.5) is 0 Å². The summed E-state index contributed by atoms with van der Waals surface area (Å²) in [6.07, 6.45) is 1.35. The van der Waals surface area contributed by atoms with Crippen molar-refractivity contribution >= 4 is 11.6 Å². The van der Waals surface area contributed by atoms with E-state index in [1.807, 2.05) is 12.1 Å². The summed E-state index contributed by atoms with van der Waals surface area (Å²) in [7, 11) is 0. The lowest BCUT2D eigenvalue weighted by Gasteiger charge is -2.52. The Hall–Kier alpha value is -0.730. The maximum absolute atomic E-state index is 6.26. The highest BCUT2D eigenvalue weighted by atomic mass is 35.5. The summed E-state index contributed by atoms with van der Waals surface area (Å²) in [5, 5.41) is 4.30. The third kappa shape index (κ3) is 2.75. The molecular weight excluding hydrogens is 258 g/mol. The Morgan fingerprint density at radius 1 is 1.32 bits per heavy atom. The summed E-state index contributed by atoms with van der Waals surface area (Å²) in [5.41, 5.74) is 2.41. The minimum atomic E-state index is 0.175. The van der Waals surface area contributed by atoms with Gasteiger partial charge in [-0.1, -0.05) is 32.4 Å². The molecule has 2 nitrogen and oxygen atoms in total. The zero-order valence-electron chi connectivity index (χ0n) is 12.5. The Balaban J connectivity index is 2.12. The summed E-state index contributed by atoms with van der Waals surface area (Å²) in [5.74, 6) is 0.998. The summed E-state index contributed by atoms with van der Waals surface area (Å²) in [6, 6.07) is 4.49. The molecule has 0 bridgehead atoms. The van der Waals surface area contributed by atoms with Gasteiger partial charge in [-0.15, -0.1) is 0 Å². The zero-order chi connectivity index (χ0) is 14.2. The molecule has 1 aromatic carbocycles. The molecule has 0 aromatic heterocycles. The maximum atomic E-state index is 6.26. The minimum Gasteiger partial charge on any atom is -0.489 e. The van der Waals surface area contributed by atoms with Crippen LogP contribution in [0.3, 0.4) is 0 Å². The van der Waals surface area contributed by atoms with Crippen LogP contribution in [0, 0.1) is 19.3 Å². The molecule has 1 aromatic rings. The van der Waals surface area contributed by atoms with Crippen LogP contribution in [0.25, 0.3) is 0 Å². The Morgan fingerprint density at radius 3 is 2.37 bits per heavy atom. The molecule has 1 saturated carbocycles. The monoisotopic (exact) mass is 281 g/mol. The molecule has 1 N–H and O–H groups in total. The molecule has 1 aliphatic rings. The van der Waals surface area contributed by atoms with E-state index in [9.17, 15) is 0 Å². The third-order valence-electron chi connectivity index (χ3n) is 4.31. The Bertz CT molecular complexity index is 447. The van der Waals surface area contributed by atoms with E-state index >= 15 is 0 Å². The van der Waals surface area contributed by atoms with Crippen molar-refractivity contribution in [2.75, 3.05) is 6.54 Å². The molecule has 1 fully saturated rings. The van der Waals surface area contributed by atoms with Gasteiger partial charge in [-0.25, -0.2) is 0 Å². The molecular formula is C16H24ClNO. The van der Waals surface area contributed by atoms with Gasteiger partial charge in [0.1, 0.15) is 11.9 Å². The average molecular weight is 282 g/mol. The largest absolute Gasteiger partial charge is 0.489 e. The number of benzene rings is 1. The van der Waals surface area contributed by atoms with E-state index < -0.39 is 0 Å². The molecule has 2 unspecified atom stereocenters. The van der Waals surface area contributed by atoms with Crippen molar-refractivity contribution in [3.8, 4) is 5.75 Å². The van der Waals surface area contributed by atoms with Crippen LogP contribution in [-0.4, -0.2) is 18.7 Å². The third-order valence-corrected chi connectivity index (χ3v) is 4.53. The van der Waals surface area contributed by atoms with E-state index in [1.165, 1.54) is 0 Å². The molecule has 0 aliphatic heterocycles. The lowest BCUT2D eigenvalue weighted by molar-refractivity contribution is -0.0547. The van der Waals surface area contributed by atoms with Crippen LogP contribution >= 0.6 is 11.6 Å². The van der Waals surface area contributed by atoms with Crippen molar-refractivity contribution in [3.63, 3.8) is 0 Å². The van der Waals surface area contributed by atoms with Crippen LogP contribution in [0.15, 0.2) is 12.1 Å². The first-order chi connectivity index (χ1) is 8.86. The summed E-state index contributed by atoms with van der Waals surface area (Å²) in [4.78, 5) is 0. The van der Waals surface area contributed by atoms with Crippen molar-refractivity contribution in [2.24, 2.45) is 5.41 Å². The Morgan fingerprint density at radius 2 is 1.89 bits per heavy atom. The number of halogens is 1. The molecule has 0 radical (unpaired) electrons.